The molecule has 2 rings (SSSR count). The predicted molar refractivity (Wildman–Crippen MR) is 62.7 cm³/mol. The molecule has 0 aromatic rings. The molecule has 2 unspecified atom stereocenters. The molecule has 17 heavy (non-hydrogen) atoms. The fourth-order valence-corrected chi connectivity index (χ4v) is 2.51. The zero-order valence-corrected chi connectivity index (χ0v) is 10.5. The molecule has 1 aliphatic carbocycles. The van der Waals surface area contributed by atoms with E-state index in [9.17, 15) is 0 Å². The summed E-state index contributed by atoms with van der Waals surface area (Å²) in [5.74, 6) is -0.415. The van der Waals surface area contributed by atoms with E-state index in [-0.39, 0.29) is 12.1 Å². The smallest absolute Gasteiger partial charge is 0.171 e. The van der Waals surface area contributed by atoms with Crippen LogP contribution in [0.25, 0.3) is 0 Å². The van der Waals surface area contributed by atoms with Crippen molar-refractivity contribution in [3.8, 4) is 0 Å². The highest BCUT2D eigenvalue weighted by Crippen LogP contribution is 2.36. The zero-order valence-electron chi connectivity index (χ0n) is 10.5. The van der Waals surface area contributed by atoms with Crippen molar-refractivity contribution < 1.29 is 18.9 Å². The van der Waals surface area contributed by atoms with Crippen molar-refractivity contribution in [2.24, 2.45) is 5.73 Å². The first kappa shape index (κ1) is 13.2. The second kappa shape index (κ2) is 6.11. The fourth-order valence-electron chi connectivity index (χ4n) is 2.51. The molecule has 2 aliphatic rings. The molecular formula is C12H23NO4. The van der Waals surface area contributed by atoms with E-state index < -0.39 is 5.79 Å². The molecule has 1 spiro atoms. The highest BCUT2D eigenvalue weighted by molar-refractivity contribution is 4.90. The highest BCUT2D eigenvalue weighted by Gasteiger charge is 2.44. The molecule has 5 heteroatoms. The van der Waals surface area contributed by atoms with Gasteiger partial charge in [-0.3, -0.25) is 0 Å². The molecular weight excluding hydrogens is 222 g/mol. The minimum Gasteiger partial charge on any atom is -0.385 e. The number of hydrogen-bond donors (Lipinski definition) is 1. The zero-order chi connectivity index (χ0) is 12.1. The lowest BCUT2D eigenvalue weighted by molar-refractivity contribution is -0.205. The van der Waals surface area contributed by atoms with E-state index in [2.05, 4.69) is 0 Å². The Bertz CT molecular complexity index is 231. The second-order valence-corrected chi connectivity index (χ2v) is 4.77. The van der Waals surface area contributed by atoms with E-state index in [1.54, 1.807) is 7.11 Å². The molecule has 5 nitrogen and oxygen atoms in total. The second-order valence-electron chi connectivity index (χ2n) is 4.77. The first-order chi connectivity index (χ1) is 8.26. The van der Waals surface area contributed by atoms with Crippen LogP contribution in [-0.4, -0.2) is 51.5 Å². The van der Waals surface area contributed by atoms with Crippen LogP contribution in [0.1, 0.15) is 25.7 Å². The first-order valence-corrected chi connectivity index (χ1v) is 6.40. The van der Waals surface area contributed by atoms with Crippen LogP contribution in [-0.2, 0) is 18.9 Å². The van der Waals surface area contributed by atoms with Crippen LogP contribution in [0.5, 0.6) is 0 Å². The van der Waals surface area contributed by atoms with Gasteiger partial charge in [-0.25, -0.2) is 0 Å². The monoisotopic (exact) mass is 245 g/mol. The molecule has 1 heterocycles. The lowest BCUT2D eigenvalue weighted by Gasteiger charge is -2.39. The van der Waals surface area contributed by atoms with E-state index in [4.69, 9.17) is 24.7 Å². The molecule has 1 aliphatic heterocycles. The lowest BCUT2D eigenvalue weighted by atomic mass is 9.88. The maximum Gasteiger partial charge on any atom is 0.171 e. The van der Waals surface area contributed by atoms with Gasteiger partial charge in [0.15, 0.2) is 5.79 Å². The first-order valence-electron chi connectivity index (χ1n) is 6.40. The van der Waals surface area contributed by atoms with Gasteiger partial charge < -0.3 is 24.7 Å². The Labute approximate surface area is 103 Å². The van der Waals surface area contributed by atoms with E-state index in [1.165, 1.54) is 0 Å². The highest BCUT2D eigenvalue weighted by atomic mass is 16.7. The van der Waals surface area contributed by atoms with Crippen molar-refractivity contribution in [1.29, 1.82) is 0 Å². The van der Waals surface area contributed by atoms with Crippen LogP contribution in [0, 0.1) is 0 Å². The average molecular weight is 245 g/mol. The summed E-state index contributed by atoms with van der Waals surface area (Å²) in [6.45, 7) is 2.78. The van der Waals surface area contributed by atoms with Crippen LogP contribution in [0.2, 0.25) is 0 Å². The number of nitrogens with two attached hydrogens (primary N) is 1. The molecule has 1 saturated carbocycles. The summed E-state index contributed by atoms with van der Waals surface area (Å²) < 4.78 is 22.2. The van der Waals surface area contributed by atoms with Gasteiger partial charge in [0.25, 0.3) is 0 Å². The SMILES string of the molecule is COCCCOC1CC2(CCC1N)OCCO2. The van der Waals surface area contributed by atoms with Gasteiger partial charge in [0.1, 0.15) is 0 Å². The maximum absolute atomic E-state index is 6.08. The summed E-state index contributed by atoms with van der Waals surface area (Å²) in [5.41, 5.74) is 6.08. The third-order valence-corrected chi connectivity index (χ3v) is 3.49. The Balaban J connectivity index is 1.78. The summed E-state index contributed by atoms with van der Waals surface area (Å²) >= 11 is 0. The summed E-state index contributed by atoms with van der Waals surface area (Å²) in [6.07, 6.45) is 3.47. The quantitative estimate of drug-likeness (QED) is 0.721. The number of ether oxygens (including phenoxy) is 4. The minimum absolute atomic E-state index is 0.0405. The number of hydrogen-bond acceptors (Lipinski definition) is 5. The summed E-state index contributed by atoms with van der Waals surface area (Å²) in [7, 11) is 1.70. The largest absolute Gasteiger partial charge is 0.385 e. The van der Waals surface area contributed by atoms with Crippen LogP contribution in [0.4, 0.5) is 0 Å². The van der Waals surface area contributed by atoms with E-state index in [0.717, 1.165) is 32.3 Å². The van der Waals surface area contributed by atoms with Crippen LogP contribution in [0.3, 0.4) is 0 Å². The van der Waals surface area contributed by atoms with Gasteiger partial charge >= 0.3 is 0 Å². The van der Waals surface area contributed by atoms with Gasteiger partial charge in [0.2, 0.25) is 0 Å². The van der Waals surface area contributed by atoms with Crippen molar-refractivity contribution in [1.82, 2.24) is 0 Å². The summed E-state index contributed by atoms with van der Waals surface area (Å²) in [4.78, 5) is 0. The van der Waals surface area contributed by atoms with Crippen LogP contribution in [0.15, 0.2) is 0 Å². The van der Waals surface area contributed by atoms with Gasteiger partial charge in [-0.1, -0.05) is 0 Å². The Morgan fingerprint density at radius 2 is 2.06 bits per heavy atom. The van der Waals surface area contributed by atoms with Gasteiger partial charge in [-0.2, -0.15) is 0 Å². The molecule has 100 valence electrons. The van der Waals surface area contributed by atoms with E-state index >= 15 is 0 Å². The molecule has 0 aromatic carbocycles. The van der Waals surface area contributed by atoms with Crippen molar-refractivity contribution in [2.75, 3.05) is 33.5 Å². The van der Waals surface area contributed by atoms with Gasteiger partial charge in [-0.05, 0) is 12.8 Å². The van der Waals surface area contributed by atoms with Gasteiger partial charge in [0.05, 0.1) is 19.3 Å². The standard InChI is InChI=1S/C12H23NO4/c1-14-5-2-6-15-11-9-12(4-3-10(11)13)16-7-8-17-12/h10-11H,2-9,13H2,1H3. The van der Waals surface area contributed by atoms with E-state index in [0.29, 0.717) is 19.8 Å². The normalized spacial score (nSPS) is 32.1. The van der Waals surface area contributed by atoms with Gasteiger partial charge in [-0.15, -0.1) is 0 Å². The van der Waals surface area contributed by atoms with Gasteiger partial charge in [0, 0.05) is 39.2 Å². The third-order valence-electron chi connectivity index (χ3n) is 3.49. The Morgan fingerprint density at radius 3 is 2.76 bits per heavy atom. The molecule has 2 atom stereocenters. The summed E-state index contributed by atoms with van der Waals surface area (Å²) in [6, 6.07) is 0.0935. The molecule has 0 aromatic heterocycles. The predicted octanol–water partition coefficient (Wildman–Crippen LogP) is 0.662. The van der Waals surface area contributed by atoms with Crippen LogP contribution < -0.4 is 5.73 Å². The van der Waals surface area contributed by atoms with Crippen molar-refractivity contribution in [3.05, 3.63) is 0 Å². The molecule has 0 bridgehead atoms. The number of rotatable bonds is 5. The third kappa shape index (κ3) is 3.39. The lowest BCUT2D eigenvalue weighted by Crippen LogP contribution is -2.50. The molecule has 0 amide bonds. The topological polar surface area (TPSA) is 62.9 Å². The molecule has 1 saturated heterocycles. The van der Waals surface area contributed by atoms with E-state index in [1.807, 2.05) is 0 Å². The van der Waals surface area contributed by atoms with Crippen molar-refractivity contribution >= 4 is 0 Å². The Morgan fingerprint density at radius 1 is 1.29 bits per heavy atom. The molecule has 2 N–H and O–H groups in total. The molecule has 0 radical (unpaired) electrons. The average Bonchev–Trinajstić information content (AvgIpc) is 2.78. The van der Waals surface area contributed by atoms with Crippen molar-refractivity contribution in [2.45, 2.75) is 43.6 Å². The Hall–Kier alpha value is -0.200. The number of methoxy groups -OCH3 is 1. The summed E-state index contributed by atoms with van der Waals surface area (Å²) in [5, 5.41) is 0. The Kier molecular flexibility index (Phi) is 4.76. The maximum atomic E-state index is 6.08. The van der Waals surface area contributed by atoms with Crippen molar-refractivity contribution in [3.63, 3.8) is 0 Å². The minimum atomic E-state index is -0.415. The molecule has 2 fully saturated rings. The fraction of sp³-hybridized carbons (Fsp3) is 1.00. The van der Waals surface area contributed by atoms with Crippen LogP contribution >= 0.6 is 0 Å².